The van der Waals surface area contributed by atoms with Gasteiger partial charge in [-0.3, -0.25) is 0 Å². The third kappa shape index (κ3) is 4.38. The zero-order valence-corrected chi connectivity index (χ0v) is 14.0. The molecule has 2 amide bonds. The predicted octanol–water partition coefficient (Wildman–Crippen LogP) is 3.27. The molecule has 1 fully saturated rings. The number of amides is 2. The number of aromatic nitrogens is 1. The van der Waals surface area contributed by atoms with Gasteiger partial charge in [-0.05, 0) is 31.9 Å². The summed E-state index contributed by atoms with van der Waals surface area (Å²) < 4.78 is 0. The fourth-order valence-electron chi connectivity index (χ4n) is 2.54. The summed E-state index contributed by atoms with van der Waals surface area (Å²) in [5.74, 6) is 1.16. The summed E-state index contributed by atoms with van der Waals surface area (Å²) in [5, 5.41) is 6.92. The summed E-state index contributed by atoms with van der Waals surface area (Å²) in [5.41, 5.74) is 0.969. The summed E-state index contributed by atoms with van der Waals surface area (Å²) in [7, 11) is 1.83. The molecule has 6 heteroatoms. The molecule has 0 spiro atoms. The fraction of sp³-hybridized carbons (Fsp3) is 0.714. The van der Waals surface area contributed by atoms with Crippen molar-refractivity contribution < 1.29 is 4.79 Å². The molecule has 2 atom stereocenters. The van der Waals surface area contributed by atoms with E-state index in [0.29, 0.717) is 12.6 Å². The maximum Gasteiger partial charge on any atom is 0.317 e. The number of carbonyl (C=O) groups excluding carboxylic acids is 1. The molecule has 1 aromatic rings. The second kappa shape index (κ2) is 7.31. The van der Waals surface area contributed by atoms with Crippen LogP contribution in [0.25, 0.3) is 0 Å². The molecule has 0 bridgehead atoms. The van der Waals surface area contributed by atoms with Crippen LogP contribution in [0.4, 0.5) is 4.79 Å². The van der Waals surface area contributed by atoms with E-state index in [2.05, 4.69) is 17.2 Å². The van der Waals surface area contributed by atoms with E-state index in [1.807, 2.05) is 31.1 Å². The molecule has 0 saturated heterocycles. The monoisotopic (exact) mass is 313 g/mol. The summed E-state index contributed by atoms with van der Waals surface area (Å²) in [6.45, 7) is 4.76. The quantitative estimate of drug-likeness (QED) is 0.907. The number of thioether (sulfide) groups is 1. The number of rotatable bonds is 5. The second-order valence-electron chi connectivity index (χ2n) is 5.25. The maximum atomic E-state index is 12.2. The van der Waals surface area contributed by atoms with Crippen molar-refractivity contribution in [3.8, 4) is 0 Å². The smallest absolute Gasteiger partial charge is 0.317 e. The van der Waals surface area contributed by atoms with Crippen LogP contribution in [0.15, 0.2) is 5.38 Å². The first-order valence-electron chi connectivity index (χ1n) is 7.12. The van der Waals surface area contributed by atoms with Gasteiger partial charge in [0.15, 0.2) is 0 Å². The highest BCUT2D eigenvalue weighted by molar-refractivity contribution is 7.99. The molecule has 0 radical (unpaired) electrons. The zero-order chi connectivity index (χ0) is 14.5. The van der Waals surface area contributed by atoms with Crippen LogP contribution in [0.5, 0.6) is 0 Å². The van der Waals surface area contributed by atoms with Gasteiger partial charge >= 0.3 is 6.03 Å². The number of thiazole rings is 1. The zero-order valence-electron chi connectivity index (χ0n) is 12.4. The van der Waals surface area contributed by atoms with E-state index in [0.717, 1.165) is 34.5 Å². The van der Waals surface area contributed by atoms with Crippen LogP contribution in [0.1, 0.15) is 36.9 Å². The molecule has 1 saturated carbocycles. The Morgan fingerprint density at radius 2 is 2.40 bits per heavy atom. The summed E-state index contributed by atoms with van der Waals surface area (Å²) in [4.78, 5) is 18.3. The molecule has 20 heavy (non-hydrogen) atoms. The van der Waals surface area contributed by atoms with Crippen LogP contribution >= 0.6 is 23.1 Å². The number of hydrogen-bond donors (Lipinski definition) is 1. The summed E-state index contributed by atoms with van der Waals surface area (Å²) in [6.07, 6.45) is 3.43. The molecule has 4 nitrogen and oxygen atoms in total. The first-order valence-corrected chi connectivity index (χ1v) is 9.05. The number of hydrogen-bond acceptors (Lipinski definition) is 4. The average Bonchev–Trinajstić information content (AvgIpc) is 2.99. The highest BCUT2D eigenvalue weighted by Gasteiger charge is 2.26. The van der Waals surface area contributed by atoms with Crippen LogP contribution in [0, 0.1) is 6.92 Å². The largest absolute Gasteiger partial charge is 0.335 e. The Labute approximate surface area is 129 Å². The Kier molecular flexibility index (Phi) is 5.72. The minimum Gasteiger partial charge on any atom is -0.335 e. The molecule has 0 aliphatic heterocycles. The molecule has 1 aliphatic carbocycles. The minimum atomic E-state index is 0.0165. The van der Waals surface area contributed by atoms with Crippen LogP contribution in [0.2, 0.25) is 0 Å². The normalized spacial score (nSPS) is 21.9. The molecule has 1 aliphatic rings. The lowest BCUT2D eigenvalue weighted by Gasteiger charge is -2.20. The molecule has 1 aromatic heterocycles. The first kappa shape index (κ1) is 15.6. The van der Waals surface area contributed by atoms with Crippen LogP contribution in [-0.2, 0) is 6.54 Å². The van der Waals surface area contributed by atoms with Crippen LogP contribution in [-0.4, -0.2) is 40.0 Å². The molecule has 1 N–H and O–H groups in total. The highest BCUT2D eigenvalue weighted by Crippen LogP contribution is 2.29. The van der Waals surface area contributed by atoms with Gasteiger partial charge in [0.25, 0.3) is 0 Å². The number of urea groups is 1. The van der Waals surface area contributed by atoms with Gasteiger partial charge in [-0.15, -0.1) is 11.3 Å². The predicted molar refractivity (Wildman–Crippen MR) is 86.4 cm³/mol. The lowest BCUT2D eigenvalue weighted by Crippen LogP contribution is -2.41. The van der Waals surface area contributed by atoms with E-state index >= 15 is 0 Å². The van der Waals surface area contributed by atoms with Crippen LogP contribution < -0.4 is 5.32 Å². The number of aryl methyl sites for hydroxylation is 1. The lowest BCUT2D eigenvalue weighted by atomic mass is 10.2. The van der Waals surface area contributed by atoms with E-state index in [4.69, 9.17) is 0 Å². The van der Waals surface area contributed by atoms with Gasteiger partial charge in [0.05, 0.1) is 17.2 Å². The van der Waals surface area contributed by atoms with Gasteiger partial charge in [-0.2, -0.15) is 11.8 Å². The molecule has 112 valence electrons. The van der Waals surface area contributed by atoms with E-state index in [1.54, 1.807) is 16.2 Å². The van der Waals surface area contributed by atoms with Crippen LogP contribution in [0.3, 0.4) is 0 Å². The highest BCUT2D eigenvalue weighted by atomic mass is 32.2. The Hall–Kier alpha value is -0.750. The van der Waals surface area contributed by atoms with Gasteiger partial charge in [-0.25, -0.2) is 9.78 Å². The number of nitrogens with zero attached hydrogens (tertiary/aromatic N) is 2. The van der Waals surface area contributed by atoms with Crippen molar-refractivity contribution in [3.05, 3.63) is 16.1 Å². The van der Waals surface area contributed by atoms with Crippen molar-refractivity contribution >= 4 is 29.1 Å². The SMILES string of the molecule is CCS[C@H]1CC[C@H](NC(=O)N(C)Cc2csc(C)n2)C1. The fourth-order valence-corrected chi connectivity index (χ4v) is 4.29. The van der Waals surface area contributed by atoms with Gasteiger partial charge in [0.1, 0.15) is 0 Å². The van der Waals surface area contributed by atoms with Crippen molar-refractivity contribution in [3.63, 3.8) is 0 Å². The van der Waals surface area contributed by atoms with Gasteiger partial charge in [0, 0.05) is 23.7 Å². The minimum absolute atomic E-state index is 0.0165. The second-order valence-corrected chi connectivity index (χ2v) is 7.89. The third-order valence-corrected chi connectivity index (χ3v) is 5.58. The Bertz CT molecular complexity index is 449. The van der Waals surface area contributed by atoms with Gasteiger partial charge in [0.2, 0.25) is 0 Å². The number of nitrogens with one attached hydrogen (secondary N) is 1. The molecular weight excluding hydrogens is 290 g/mol. The Morgan fingerprint density at radius 1 is 1.60 bits per heavy atom. The van der Waals surface area contributed by atoms with Crippen molar-refractivity contribution in [2.45, 2.75) is 50.9 Å². The maximum absolute atomic E-state index is 12.2. The molecular formula is C14H23N3OS2. The van der Waals surface area contributed by atoms with Crippen molar-refractivity contribution in [1.29, 1.82) is 0 Å². The first-order chi connectivity index (χ1) is 9.58. The van der Waals surface area contributed by atoms with Gasteiger partial charge in [-0.1, -0.05) is 6.92 Å². The molecule has 2 rings (SSSR count). The topological polar surface area (TPSA) is 45.2 Å². The van der Waals surface area contributed by atoms with E-state index in [9.17, 15) is 4.79 Å². The standard InChI is InChI=1S/C14H23N3OS2/c1-4-19-13-6-5-11(7-13)16-14(18)17(3)8-12-9-20-10(2)15-12/h9,11,13H,4-8H2,1-3H3,(H,16,18)/t11-,13-/m0/s1. The summed E-state index contributed by atoms with van der Waals surface area (Å²) in [6, 6.07) is 0.356. The van der Waals surface area contributed by atoms with E-state index in [1.165, 1.54) is 6.42 Å². The van der Waals surface area contributed by atoms with Gasteiger partial charge < -0.3 is 10.2 Å². The van der Waals surface area contributed by atoms with E-state index in [-0.39, 0.29) is 6.03 Å². The van der Waals surface area contributed by atoms with Crippen molar-refractivity contribution in [2.24, 2.45) is 0 Å². The van der Waals surface area contributed by atoms with Crippen molar-refractivity contribution in [2.75, 3.05) is 12.8 Å². The Balaban J connectivity index is 1.77. The molecule has 1 heterocycles. The summed E-state index contributed by atoms with van der Waals surface area (Å²) >= 11 is 3.63. The van der Waals surface area contributed by atoms with E-state index < -0.39 is 0 Å². The average molecular weight is 313 g/mol. The Morgan fingerprint density at radius 3 is 3.05 bits per heavy atom. The number of carbonyl (C=O) groups is 1. The third-order valence-electron chi connectivity index (χ3n) is 3.53. The molecule has 0 unspecified atom stereocenters. The molecule has 0 aromatic carbocycles. The lowest BCUT2D eigenvalue weighted by molar-refractivity contribution is 0.202. The van der Waals surface area contributed by atoms with Crippen molar-refractivity contribution in [1.82, 2.24) is 15.2 Å².